The maximum Gasteiger partial charge on any atom is 0.253 e. The summed E-state index contributed by atoms with van der Waals surface area (Å²) in [5.41, 5.74) is 9.48. The second-order valence-electron chi connectivity index (χ2n) is 9.71. The lowest BCUT2D eigenvalue weighted by Crippen LogP contribution is -2.44. The van der Waals surface area contributed by atoms with Crippen LogP contribution in [0.15, 0.2) is 77.6 Å². The standard InChI is InChI=1S/C32H48N4O.3C2H6/c1-7-11-16-28(25-33)22-26(5)31(23-27-17-14-13-15-18-27)35(6)20-21-36(19-12-8-2)32(37)29(9-3)24-30(34)10-4;3*1-2/h7,9,11,13-18,24,26,31H,8,10,12,19-23,34H2,1-6H3;3*1-2H3/b11-7-,28-16+,29-9+,30-24+;;;/t26-,31+;;;/m1.../s1. The molecule has 1 amide bonds. The van der Waals surface area contributed by atoms with Crippen molar-refractivity contribution in [2.45, 2.75) is 114 Å². The lowest BCUT2D eigenvalue weighted by atomic mass is 9.88. The first-order valence-electron chi connectivity index (χ1n) is 16.7. The zero-order chi connectivity index (χ0) is 33.6. The molecule has 1 aromatic carbocycles. The number of amides is 1. The van der Waals surface area contributed by atoms with Crippen molar-refractivity contribution < 1.29 is 4.79 Å². The number of hydrogen-bond acceptors (Lipinski definition) is 4. The van der Waals surface area contributed by atoms with E-state index in [4.69, 9.17) is 5.73 Å². The number of benzene rings is 1. The van der Waals surface area contributed by atoms with Gasteiger partial charge in [-0.3, -0.25) is 4.79 Å². The molecule has 43 heavy (non-hydrogen) atoms. The van der Waals surface area contributed by atoms with E-state index in [9.17, 15) is 10.1 Å². The molecule has 1 rings (SSSR count). The second kappa shape index (κ2) is 30.4. The van der Waals surface area contributed by atoms with E-state index in [1.54, 1.807) is 0 Å². The number of nitriles is 1. The summed E-state index contributed by atoms with van der Waals surface area (Å²) in [5, 5.41) is 9.66. The van der Waals surface area contributed by atoms with E-state index in [1.165, 1.54) is 5.56 Å². The van der Waals surface area contributed by atoms with E-state index in [0.717, 1.165) is 37.9 Å². The van der Waals surface area contributed by atoms with E-state index in [2.05, 4.69) is 56.1 Å². The van der Waals surface area contributed by atoms with Gasteiger partial charge in [-0.25, -0.2) is 0 Å². The molecule has 0 saturated heterocycles. The highest BCUT2D eigenvalue weighted by atomic mass is 16.2. The number of hydrogen-bond donors (Lipinski definition) is 1. The fourth-order valence-corrected chi connectivity index (χ4v) is 4.35. The van der Waals surface area contributed by atoms with Gasteiger partial charge in [-0.1, -0.05) is 117 Å². The number of carbonyl (C=O) groups is 1. The van der Waals surface area contributed by atoms with Crippen LogP contribution in [0, 0.1) is 17.2 Å². The van der Waals surface area contributed by atoms with Crippen molar-refractivity contribution in [2.75, 3.05) is 26.7 Å². The third-order valence-electron chi connectivity index (χ3n) is 6.78. The SMILES string of the molecule is C/C=C\C=C(\C#N)C[C@@H](C)[C@H](Cc1ccccc1)N(C)CCN(CCCC)C(=O)C(/C=C(/N)CC)=C/C.CC.CC.CC. The van der Waals surface area contributed by atoms with Crippen molar-refractivity contribution in [1.82, 2.24) is 9.80 Å². The van der Waals surface area contributed by atoms with Crippen LogP contribution in [0.3, 0.4) is 0 Å². The minimum Gasteiger partial charge on any atom is -0.402 e. The van der Waals surface area contributed by atoms with Crippen molar-refractivity contribution in [2.24, 2.45) is 11.7 Å². The van der Waals surface area contributed by atoms with Gasteiger partial charge in [-0.05, 0) is 70.2 Å². The van der Waals surface area contributed by atoms with Gasteiger partial charge in [0.25, 0.3) is 5.91 Å². The van der Waals surface area contributed by atoms with Crippen LogP contribution >= 0.6 is 0 Å². The Hall–Kier alpha value is -3.10. The first kappa shape index (κ1) is 44.3. The lowest BCUT2D eigenvalue weighted by Gasteiger charge is -2.35. The number of nitrogens with zero attached hydrogens (tertiary/aromatic N) is 3. The third kappa shape index (κ3) is 19.7. The van der Waals surface area contributed by atoms with Gasteiger partial charge in [-0.15, -0.1) is 0 Å². The summed E-state index contributed by atoms with van der Waals surface area (Å²) >= 11 is 0. The van der Waals surface area contributed by atoms with Crippen LogP contribution in [0.2, 0.25) is 0 Å². The minimum absolute atomic E-state index is 0.0365. The maximum atomic E-state index is 13.4. The third-order valence-corrected chi connectivity index (χ3v) is 6.78. The molecule has 1 aromatic rings. The van der Waals surface area contributed by atoms with Crippen molar-refractivity contribution >= 4 is 5.91 Å². The zero-order valence-electron chi connectivity index (χ0n) is 29.9. The highest BCUT2D eigenvalue weighted by Gasteiger charge is 2.25. The lowest BCUT2D eigenvalue weighted by molar-refractivity contribution is -0.127. The minimum atomic E-state index is 0.0365. The van der Waals surface area contributed by atoms with Gasteiger partial charge in [0.15, 0.2) is 0 Å². The number of nitrogens with two attached hydrogens (primary N) is 1. The smallest absolute Gasteiger partial charge is 0.253 e. The fraction of sp³-hybridized carbons (Fsp3) is 0.579. The number of likely N-dealkylation sites (N-methyl/N-ethyl adjacent to an activating group) is 1. The van der Waals surface area contributed by atoms with Gasteiger partial charge in [0, 0.05) is 42.5 Å². The van der Waals surface area contributed by atoms with Crippen LogP contribution in [0.4, 0.5) is 0 Å². The molecule has 0 aromatic heterocycles. The Morgan fingerprint density at radius 3 is 2.09 bits per heavy atom. The molecule has 5 nitrogen and oxygen atoms in total. The van der Waals surface area contributed by atoms with Crippen LogP contribution in [-0.2, 0) is 11.2 Å². The summed E-state index contributed by atoms with van der Waals surface area (Å²) in [6, 6.07) is 13.1. The van der Waals surface area contributed by atoms with Crippen molar-refractivity contribution in [3.63, 3.8) is 0 Å². The molecule has 5 heteroatoms. The normalized spacial score (nSPS) is 13.0. The van der Waals surface area contributed by atoms with E-state index in [1.807, 2.05) is 104 Å². The summed E-state index contributed by atoms with van der Waals surface area (Å²) in [5.74, 6) is 0.300. The van der Waals surface area contributed by atoms with Gasteiger partial charge in [0.05, 0.1) is 6.07 Å². The Morgan fingerprint density at radius 1 is 1.00 bits per heavy atom. The molecule has 0 bridgehead atoms. The van der Waals surface area contributed by atoms with Gasteiger partial charge < -0.3 is 15.5 Å². The van der Waals surface area contributed by atoms with Crippen LogP contribution in [0.25, 0.3) is 0 Å². The van der Waals surface area contributed by atoms with Gasteiger partial charge >= 0.3 is 0 Å². The van der Waals surface area contributed by atoms with Crippen LogP contribution < -0.4 is 5.73 Å². The highest BCUT2D eigenvalue weighted by Crippen LogP contribution is 2.23. The molecule has 0 radical (unpaired) electrons. The van der Waals surface area contributed by atoms with Crippen LogP contribution in [-0.4, -0.2) is 48.4 Å². The van der Waals surface area contributed by atoms with Crippen molar-refractivity contribution in [3.8, 4) is 6.07 Å². The molecule has 0 saturated carbocycles. The molecule has 0 unspecified atom stereocenters. The average molecular weight is 595 g/mol. The summed E-state index contributed by atoms with van der Waals surface area (Å²) < 4.78 is 0. The predicted molar refractivity (Wildman–Crippen MR) is 191 cm³/mol. The highest BCUT2D eigenvalue weighted by molar-refractivity contribution is 5.96. The largest absolute Gasteiger partial charge is 0.402 e. The van der Waals surface area contributed by atoms with E-state index < -0.39 is 0 Å². The summed E-state index contributed by atoms with van der Waals surface area (Å²) in [4.78, 5) is 17.7. The molecule has 0 aliphatic heterocycles. The maximum absolute atomic E-state index is 13.4. The molecule has 0 spiro atoms. The monoisotopic (exact) mass is 595 g/mol. The van der Waals surface area contributed by atoms with Gasteiger partial charge in [0.1, 0.15) is 0 Å². The van der Waals surface area contributed by atoms with Gasteiger partial charge in [-0.2, -0.15) is 5.26 Å². The second-order valence-corrected chi connectivity index (χ2v) is 9.71. The Labute approximate surface area is 267 Å². The Bertz CT molecular complexity index is 969. The molecule has 0 heterocycles. The topological polar surface area (TPSA) is 73.4 Å². The quantitative estimate of drug-likeness (QED) is 0.117. The Morgan fingerprint density at radius 2 is 1.60 bits per heavy atom. The Balaban J connectivity index is -0.00000250. The number of carbonyl (C=O) groups excluding carboxylic acids is 1. The average Bonchev–Trinajstić information content (AvgIpc) is 3.06. The van der Waals surface area contributed by atoms with Crippen LogP contribution in [0.1, 0.15) is 107 Å². The van der Waals surface area contributed by atoms with Crippen molar-refractivity contribution in [3.05, 3.63) is 83.1 Å². The molecule has 0 aliphatic carbocycles. The number of rotatable bonds is 16. The summed E-state index contributed by atoms with van der Waals surface area (Å²) in [7, 11) is 2.14. The summed E-state index contributed by atoms with van der Waals surface area (Å²) in [6.07, 6.45) is 13.8. The molecular weight excluding hydrogens is 528 g/mol. The fourth-order valence-electron chi connectivity index (χ4n) is 4.35. The molecule has 0 fully saturated rings. The van der Waals surface area contributed by atoms with E-state index >= 15 is 0 Å². The molecule has 2 N–H and O–H groups in total. The first-order chi connectivity index (χ1) is 20.8. The Kier molecular flexibility index (Phi) is 31.3. The van der Waals surface area contributed by atoms with Gasteiger partial charge in [0.2, 0.25) is 0 Å². The molecule has 244 valence electrons. The predicted octanol–water partition coefficient (Wildman–Crippen LogP) is 9.49. The first-order valence-corrected chi connectivity index (χ1v) is 16.7. The molecule has 2 atom stereocenters. The van der Waals surface area contributed by atoms with E-state index in [-0.39, 0.29) is 17.9 Å². The number of allylic oxidation sites excluding steroid dienone is 6. The molecular formula is C38H66N4O. The zero-order valence-corrected chi connectivity index (χ0v) is 29.9. The molecule has 0 aliphatic rings. The number of unbranched alkanes of at least 4 members (excludes halogenated alkanes) is 1. The van der Waals surface area contributed by atoms with Crippen molar-refractivity contribution in [1.29, 1.82) is 5.26 Å². The van der Waals surface area contributed by atoms with Crippen LogP contribution in [0.5, 0.6) is 0 Å². The summed E-state index contributed by atoms with van der Waals surface area (Å²) in [6.45, 7) is 24.3. The van der Waals surface area contributed by atoms with E-state index in [0.29, 0.717) is 30.7 Å².